The lowest BCUT2D eigenvalue weighted by Gasteiger charge is -2.09. The van der Waals surface area contributed by atoms with E-state index in [1.165, 1.54) is 18.2 Å². The number of amides is 1. The first-order valence-electron chi connectivity index (χ1n) is 6.33. The Kier molecular flexibility index (Phi) is 5.03. The average molecular weight is 307 g/mol. The zero-order valence-electron chi connectivity index (χ0n) is 11.2. The molecule has 2 aromatic carbocycles. The molecule has 5 nitrogen and oxygen atoms in total. The number of anilines is 1. The van der Waals surface area contributed by atoms with Gasteiger partial charge >= 0.3 is 0 Å². The molecule has 0 aromatic heterocycles. The molecule has 0 saturated carbocycles. The Morgan fingerprint density at radius 2 is 1.95 bits per heavy atom. The van der Waals surface area contributed by atoms with Crippen LogP contribution in [-0.4, -0.2) is 24.2 Å². The summed E-state index contributed by atoms with van der Waals surface area (Å²) >= 11 is 5.82. The number of nitrogens with one attached hydrogen (secondary N) is 1. The quantitative estimate of drug-likeness (QED) is 0.793. The van der Waals surface area contributed by atoms with Crippen LogP contribution in [0.4, 0.5) is 5.69 Å². The highest BCUT2D eigenvalue weighted by molar-refractivity contribution is 6.31. The van der Waals surface area contributed by atoms with Gasteiger partial charge in [-0.05, 0) is 42.5 Å². The number of nitrogens with two attached hydrogens (primary N) is 1. The zero-order valence-corrected chi connectivity index (χ0v) is 11.9. The minimum atomic E-state index is -0.439. The van der Waals surface area contributed by atoms with Crippen LogP contribution < -0.4 is 15.8 Å². The SMILES string of the molecule is NCCOc1ccc(NC(=O)c2cc(Cl)ccc2O)cc1. The van der Waals surface area contributed by atoms with Gasteiger partial charge < -0.3 is 20.9 Å². The molecular formula is C15H15ClN2O3. The molecule has 2 aromatic rings. The molecule has 0 heterocycles. The third-order valence-corrected chi connectivity index (χ3v) is 2.94. The van der Waals surface area contributed by atoms with Crippen molar-refractivity contribution < 1.29 is 14.6 Å². The summed E-state index contributed by atoms with van der Waals surface area (Å²) in [5.41, 5.74) is 6.05. The van der Waals surface area contributed by atoms with Crippen LogP contribution in [-0.2, 0) is 0 Å². The van der Waals surface area contributed by atoms with Crippen molar-refractivity contribution in [3.63, 3.8) is 0 Å². The summed E-state index contributed by atoms with van der Waals surface area (Å²) in [6.07, 6.45) is 0. The van der Waals surface area contributed by atoms with Gasteiger partial charge in [-0.3, -0.25) is 4.79 Å². The van der Waals surface area contributed by atoms with E-state index in [0.29, 0.717) is 29.6 Å². The van der Waals surface area contributed by atoms with E-state index in [9.17, 15) is 9.90 Å². The van der Waals surface area contributed by atoms with E-state index in [4.69, 9.17) is 22.1 Å². The van der Waals surface area contributed by atoms with Crippen LogP contribution in [0.2, 0.25) is 5.02 Å². The molecule has 0 fully saturated rings. The maximum absolute atomic E-state index is 12.1. The van der Waals surface area contributed by atoms with E-state index in [0.717, 1.165) is 0 Å². The van der Waals surface area contributed by atoms with Gasteiger partial charge in [0.15, 0.2) is 0 Å². The van der Waals surface area contributed by atoms with Crippen molar-refractivity contribution >= 4 is 23.2 Å². The second-order valence-corrected chi connectivity index (χ2v) is 4.71. The Bertz CT molecular complexity index is 629. The Balaban J connectivity index is 2.07. The molecule has 0 spiro atoms. The summed E-state index contributed by atoms with van der Waals surface area (Å²) < 4.78 is 5.34. The Morgan fingerprint density at radius 1 is 1.24 bits per heavy atom. The van der Waals surface area contributed by atoms with E-state index in [-0.39, 0.29) is 11.3 Å². The lowest BCUT2D eigenvalue weighted by molar-refractivity contribution is 0.102. The van der Waals surface area contributed by atoms with Gasteiger partial charge in [0.05, 0.1) is 5.56 Å². The van der Waals surface area contributed by atoms with E-state index >= 15 is 0 Å². The van der Waals surface area contributed by atoms with Gasteiger partial charge in [0, 0.05) is 17.3 Å². The first-order valence-corrected chi connectivity index (χ1v) is 6.71. The van der Waals surface area contributed by atoms with Crippen LogP contribution in [0.15, 0.2) is 42.5 Å². The third kappa shape index (κ3) is 4.11. The first kappa shape index (κ1) is 15.2. The van der Waals surface area contributed by atoms with Gasteiger partial charge in [-0.15, -0.1) is 0 Å². The molecule has 0 aliphatic carbocycles. The van der Waals surface area contributed by atoms with E-state index in [1.807, 2.05) is 0 Å². The number of phenols is 1. The summed E-state index contributed by atoms with van der Waals surface area (Å²) in [7, 11) is 0. The average Bonchev–Trinajstić information content (AvgIpc) is 2.49. The number of phenolic OH excluding ortho intramolecular Hbond substituents is 1. The summed E-state index contributed by atoms with van der Waals surface area (Å²) in [5.74, 6) is 0.106. The van der Waals surface area contributed by atoms with Crippen molar-refractivity contribution in [2.24, 2.45) is 5.73 Å². The molecule has 0 atom stereocenters. The number of benzene rings is 2. The number of carbonyl (C=O) groups excluding carboxylic acids is 1. The Morgan fingerprint density at radius 3 is 2.62 bits per heavy atom. The van der Waals surface area contributed by atoms with Crippen LogP contribution in [0.5, 0.6) is 11.5 Å². The van der Waals surface area contributed by atoms with Gasteiger partial charge in [0.2, 0.25) is 0 Å². The van der Waals surface area contributed by atoms with Crippen LogP contribution >= 0.6 is 11.6 Å². The lowest BCUT2D eigenvalue weighted by Crippen LogP contribution is -2.12. The molecule has 0 radical (unpaired) electrons. The molecule has 1 amide bonds. The molecule has 0 aliphatic rings. The zero-order chi connectivity index (χ0) is 15.2. The second-order valence-electron chi connectivity index (χ2n) is 4.28. The molecule has 0 aliphatic heterocycles. The third-order valence-electron chi connectivity index (χ3n) is 2.70. The smallest absolute Gasteiger partial charge is 0.259 e. The van der Waals surface area contributed by atoms with E-state index in [1.54, 1.807) is 24.3 Å². The topological polar surface area (TPSA) is 84.6 Å². The van der Waals surface area contributed by atoms with Crippen molar-refractivity contribution in [1.82, 2.24) is 0 Å². The number of ether oxygens (including phenoxy) is 1. The maximum atomic E-state index is 12.1. The van der Waals surface area contributed by atoms with Crippen molar-refractivity contribution in [2.75, 3.05) is 18.5 Å². The van der Waals surface area contributed by atoms with Gasteiger partial charge in [0.1, 0.15) is 18.1 Å². The monoisotopic (exact) mass is 306 g/mol. The standard InChI is InChI=1S/C15H15ClN2O3/c16-10-1-6-14(19)13(9-10)15(20)18-11-2-4-12(5-3-11)21-8-7-17/h1-6,9,19H,7-8,17H2,(H,18,20). The van der Waals surface area contributed by atoms with Crippen molar-refractivity contribution in [3.05, 3.63) is 53.1 Å². The number of rotatable bonds is 5. The minimum absolute atomic E-state index is 0.117. The minimum Gasteiger partial charge on any atom is -0.507 e. The lowest BCUT2D eigenvalue weighted by atomic mass is 10.2. The van der Waals surface area contributed by atoms with E-state index in [2.05, 4.69) is 5.32 Å². The normalized spacial score (nSPS) is 10.2. The number of hydrogen-bond donors (Lipinski definition) is 3. The maximum Gasteiger partial charge on any atom is 0.259 e. The van der Waals surface area contributed by atoms with Crippen molar-refractivity contribution in [2.45, 2.75) is 0 Å². The molecular weight excluding hydrogens is 292 g/mol. The molecule has 2 rings (SSSR count). The molecule has 0 unspecified atom stereocenters. The molecule has 4 N–H and O–H groups in total. The largest absolute Gasteiger partial charge is 0.507 e. The van der Waals surface area contributed by atoms with E-state index < -0.39 is 5.91 Å². The van der Waals surface area contributed by atoms with Crippen LogP contribution in [0, 0.1) is 0 Å². The number of carbonyl (C=O) groups is 1. The first-order chi connectivity index (χ1) is 10.1. The predicted molar refractivity (Wildman–Crippen MR) is 82.1 cm³/mol. The highest BCUT2D eigenvalue weighted by Crippen LogP contribution is 2.23. The van der Waals surface area contributed by atoms with Crippen LogP contribution in [0.25, 0.3) is 0 Å². The Hall–Kier alpha value is -2.24. The number of halogens is 1. The predicted octanol–water partition coefficient (Wildman–Crippen LogP) is 2.64. The summed E-state index contributed by atoms with van der Waals surface area (Å²) in [5, 5.41) is 12.7. The van der Waals surface area contributed by atoms with Gasteiger partial charge in [-0.1, -0.05) is 11.6 Å². The fourth-order valence-electron chi connectivity index (χ4n) is 1.70. The summed E-state index contributed by atoms with van der Waals surface area (Å²) in [6, 6.07) is 11.1. The van der Waals surface area contributed by atoms with Gasteiger partial charge in [0.25, 0.3) is 5.91 Å². The number of hydrogen-bond acceptors (Lipinski definition) is 4. The molecule has 21 heavy (non-hydrogen) atoms. The van der Waals surface area contributed by atoms with Crippen LogP contribution in [0.3, 0.4) is 0 Å². The van der Waals surface area contributed by atoms with Crippen molar-refractivity contribution in [1.29, 1.82) is 0 Å². The molecule has 0 saturated heterocycles. The summed E-state index contributed by atoms with van der Waals surface area (Å²) in [4.78, 5) is 12.1. The van der Waals surface area contributed by atoms with Gasteiger partial charge in [-0.2, -0.15) is 0 Å². The molecule has 6 heteroatoms. The molecule has 110 valence electrons. The fourth-order valence-corrected chi connectivity index (χ4v) is 1.87. The second kappa shape index (κ2) is 6.97. The van der Waals surface area contributed by atoms with Gasteiger partial charge in [-0.25, -0.2) is 0 Å². The van der Waals surface area contributed by atoms with Crippen molar-refractivity contribution in [3.8, 4) is 11.5 Å². The van der Waals surface area contributed by atoms with Crippen LogP contribution in [0.1, 0.15) is 10.4 Å². The highest BCUT2D eigenvalue weighted by atomic mass is 35.5. The highest BCUT2D eigenvalue weighted by Gasteiger charge is 2.12. The Labute approximate surface area is 127 Å². The fraction of sp³-hybridized carbons (Fsp3) is 0.133. The number of aromatic hydroxyl groups is 1. The summed E-state index contributed by atoms with van der Waals surface area (Å²) in [6.45, 7) is 0.870. The molecule has 0 bridgehead atoms.